The molecule has 23 heavy (non-hydrogen) atoms. The Bertz CT molecular complexity index is 580. The molecule has 1 aromatic heterocycles. The number of aliphatic hydroxyl groups is 2. The third-order valence-electron chi connectivity index (χ3n) is 4.44. The van der Waals surface area contributed by atoms with Gasteiger partial charge in [0.15, 0.2) is 5.69 Å². The smallest absolute Gasteiger partial charge is 0.274 e. The number of hydrogen-bond acceptors (Lipinski definition) is 5. The summed E-state index contributed by atoms with van der Waals surface area (Å²) in [5.74, 6) is -0.198. The van der Waals surface area contributed by atoms with Crippen molar-refractivity contribution in [2.75, 3.05) is 26.8 Å². The Balaban J connectivity index is 2.29. The van der Waals surface area contributed by atoms with Crippen LogP contribution >= 0.6 is 0 Å². The zero-order chi connectivity index (χ0) is 17.4. The number of ether oxygens (including phenoxy) is 1. The summed E-state index contributed by atoms with van der Waals surface area (Å²) in [5, 5.41) is 23.2. The highest BCUT2D eigenvalue weighted by Crippen LogP contribution is 2.32. The first-order chi connectivity index (χ1) is 10.7. The molecular weight excluding hydrogens is 298 g/mol. The van der Waals surface area contributed by atoms with Crippen LogP contribution in [0.1, 0.15) is 48.6 Å². The topological polar surface area (TPSA) is 87.8 Å². The maximum absolute atomic E-state index is 12.8. The van der Waals surface area contributed by atoms with E-state index in [0.29, 0.717) is 12.1 Å². The molecule has 1 aliphatic rings. The van der Waals surface area contributed by atoms with Crippen LogP contribution in [-0.2, 0) is 18.2 Å². The Morgan fingerprint density at radius 3 is 2.61 bits per heavy atom. The molecule has 0 bridgehead atoms. The molecule has 0 saturated carbocycles. The van der Waals surface area contributed by atoms with Crippen molar-refractivity contribution >= 4 is 5.91 Å². The van der Waals surface area contributed by atoms with Crippen molar-refractivity contribution < 1.29 is 19.7 Å². The van der Waals surface area contributed by atoms with E-state index in [-0.39, 0.29) is 37.9 Å². The lowest BCUT2D eigenvalue weighted by Gasteiger charge is -2.30. The average Bonchev–Trinajstić information content (AvgIpc) is 2.83. The first-order valence-corrected chi connectivity index (χ1v) is 7.91. The molecule has 7 nitrogen and oxygen atoms in total. The number of rotatable bonds is 5. The Kier molecular flexibility index (Phi) is 5.13. The van der Waals surface area contributed by atoms with E-state index in [9.17, 15) is 15.0 Å². The first-order valence-electron chi connectivity index (χ1n) is 7.91. The summed E-state index contributed by atoms with van der Waals surface area (Å²) < 4.78 is 7.52. The molecule has 2 atom stereocenters. The number of aryl methyl sites for hydroxylation is 1. The molecule has 0 aromatic carbocycles. The van der Waals surface area contributed by atoms with Crippen LogP contribution in [0.25, 0.3) is 0 Å². The van der Waals surface area contributed by atoms with Gasteiger partial charge in [0.1, 0.15) is 0 Å². The Morgan fingerprint density at radius 1 is 1.43 bits per heavy atom. The third kappa shape index (κ3) is 3.41. The largest absolute Gasteiger partial charge is 0.396 e. The van der Waals surface area contributed by atoms with Crippen LogP contribution in [0.15, 0.2) is 0 Å². The monoisotopic (exact) mass is 325 g/mol. The van der Waals surface area contributed by atoms with Crippen LogP contribution in [0.2, 0.25) is 0 Å². The van der Waals surface area contributed by atoms with Gasteiger partial charge in [-0.05, 0) is 13.8 Å². The van der Waals surface area contributed by atoms with Gasteiger partial charge < -0.3 is 19.8 Å². The Labute approximate surface area is 136 Å². The standard InChI is InChI=1S/C16H27N3O4/c1-10-6-12-13(17-19(5)14(12)11(2)23-10)15(22)18(4)7-16(3,8-20)9-21/h10-11,20-21H,6-9H2,1-5H3/t10-,11+/m1/s1. The van der Waals surface area contributed by atoms with Gasteiger partial charge in [0.25, 0.3) is 5.91 Å². The van der Waals surface area contributed by atoms with Crippen LogP contribution in [0.4, 0.5) is 0 Å². The maximum atomic E-state index is 12.8. The van der Waals surface area contributed by atoms with Crippen LogP contribution in [0, 0.1) is 5.41 Å². The van der Waals surface area contributed by atoms with E-state index in [1.54, 1.807) is 18.7 Å². The van der Waals surface area contributed by atoms with E-state index in [1.807, 2.05) is 20.9 Å². The van der Waals surface area contributed by atoms with E-state index in [1.165, 1.54) is 4.90 Å². The lowest BCUT2D eigenvalue weighted by Crippen LogP contribution is -2.42. The molecule has 1 amide bonds. The van der Waals surface area contributed by atoms with Gasteiger partial charge in [0, 0.05) is 38.0 Å². The van der Waals surface area contributed by atoms with Crippen molar-refractivity contribution in [2.24, 2.45) is 12.5 Å². The van der Waals surface area contributed by atoms with Crippen molar-refractivity contribution in [3.05, 3.63) is 17.0 Å². The summed E-state index contributed by atoms with van der Waals surface area (Å²) in [4.78, 5) is 14.3. The van der Waals surface area contributed by atoms with Gasteiger partial charge in [-0.3, -0.25) is 9.48 Å². The zero-order valence-corrected chi connectivity index (χ0v) is 14.5. The molecule has 1 aliphatic heterocycles. The van der Waals surface area contributed by atoms with Gasteiger partial charge in [0.05, 0.1) is 31.1 Å². The molecule has 7 heteroatoms. The van der Waals surface area contributed by atoms with Crippen molar-refractivity contribution in [1.29, 1.82) is 0 Å². The number of nitrogens with zero attached hydrogens (tertiary/aromatic N) is 3. The number of carbonyl (C=O) groups excluding carboxylic acids is 1. The van der Waals surface area contributed by atoms with Crippen LogP contribution in [-0.4, -0.2) is 63.7 Å². The second-order valence-corrected chi connectivity index (χ2v) is 6.92. The highest BCUT2D eigenvalue weighted by atomic mass is 16.5. The molecule has 0 saturated heterocycles. The van der Waals surface area contributed by atoms with Gasteiger partial charge >= 0.3 is 0 Å². The molecular formula is C16H27N3O4. The van der Waals surface area contributed by atoms with E-state index in [4.69, 9.17) is 4.74 Å². The number of amides is 1. The van der Waals surface area contributed by atoms with Crippen LogP contribution in [0.5, 0.6) is 0 Å². The van der Waals surface area contributed by atoms with Crippen molar-refractivity contribution in [3.8, 4) is 0 Å². The predicted molar refractivity (Wildman–Crippen MR) is 85.1 cm³/mol. The van der Waals surface area contributed by atoms with Crippen molar-refractivity contribution in [3.63, 3.8) is 0 Å². The highest BCUT2D eigenvalue weighted by Gasteiger charge is 2.34. The molecule has 2 N–H and O–H groups in total. The summed E-state index contributed by atoms with van der Waals surface area (Å²) >= 11 is 0. The fourth-order valence-corrected chi connectivity index (χ4v) is 3.19. The van der Waals surface area contributed by atoms with Crippen molar-refractivity contribution in [1.82, 2.24) is 14.7 Å². The van der Waals surface area contributed by atoms with E-state index >= 15 is 0 Å². The predicted octanol–water partition coefficient (Wildman–Crippen LogP) is 0.505. The molecule has 0 spiro atoms. The number of hydrogen-bond donors (Lipinski definition) is 2. The highest BCUT2D eigenvalue weighted by molar-refractivity contribution is 5.94. The van der Waals surface area contributed by atoms with Crippen LogP contribution < -0.4 is 0 Å². The molecule has 0 fully saturated rings. The van der Waals surface area contributed by atoms with Crippen LogP contribution in [0.3, 0.4) is 0 Å². The third-order valence-corrected chi connectivity index (χ3v) is 4.44. The molecule has 1 aromatic rings. The summed E-state index contributed by atoms with van der Waals surface area (Å²) in [7, 11) is 3.48. The minimum atomic E-state index is -0.733. The van der Waals surface area contributed by atoms with Gasteiger partial charge in [-0.1, -0.05) is 6.92 Å². The van der Waals surface area contributed by atoms with Gasteiger partial charge in [-0.25, -0.2) is 0 Å². The number of fused-ring (bicyclic) bond motifs is 1. The molecule has 2 heterocycles. The van der Waals surface area contributed by atoms with Gasteiger partial charge in [-0.2, -0.15) is 5.10 Å². The quantitative estimate of drug-likeness (QED) is 0.823. The molecule has 2 rings (SSSR count). The SMILES string of the molecule is C[C@@H]1Cc2c(C(=O)N(C)CC(C)(CO)CO)nn(C)c2[C@H](C)O1. The molecule has 130 valence electrons. The van der Waals surface area contributed by atoms with E-state index in [0.717, 1.165) is 11.3 Å². The Hall–Kier alpha value is -1.44. The molecule has 0 aliphatic carbocycles. The average molecular weight is 325 g/mol. The first kappa shape index (κ1) is 17.9. The number of aromatic nitrogens is 2. The summed E-state index contributed by atoms with van der Waals surface area (Å²) in [6, 6.07) is 0. The second-order valence-electron chi connectivity index (χ2n) is 6.92. The molecule has 0 unspecified atom stereocenters. The van der Waals surface area contributed by atoms with Gasteiger partial charge in [-0.15, -0.1) is 0 Å². The van der Waals surface area contributed by atoms with E-state index in [2.05, 4.69) is 5.10 Å². The normalized spacial score (nSPS) is 21.2. The summed E-state index contributed by atoms with van der Waals surface area (Å²) in [6.07, 6.45) is 0.594. The number of carbonyl (C=O) groups is 1. The second kappa shape index (κ2) is 6.59. The maximum Gasteiger partial charge on any atom is 0.274 e. The fourth-order valence-electron chi connectivity index (χ4n) is 3.19. The van der Waals surface area contributed by atoms with Crippen molar-refractivity contribution in [2.45, 2.75) is 39.4 Å². The van der Waals surface area contributed by atoms with E-state index < -0.39 is 5.41 Å². The lowest BCUT2D eigenvalue weighted by atomic mass is 9.92. The minimum absolute atomic E-state index is 0.0405. The summed E-state index contributed by atoms with van der Waals surface area (Å²) in [6.45, 7) is 5.56. The molecule has 0 radical (unpaired) electrons. The minimum Gasteiger partial charge on any atom is -0.396 e. The number of aliphatic hydroxyl groups excluding tert-OH is 2. The van der Waals surface area contributed by atoms with Gasteiger partial charge in [0.2, 0.25) is 0 Å². The zero-order valence-electron chi connectivity index (χ0n) is 14.5. The fraction of sp³-hybridized carbons (Fsp3) is 0.750. The Morgan fingerprint density at radius 2 is 2.04 bits per heavy atom. The lowest BCUT2D eigenvalue weighted by molar-refractivity contribution is -0.00908. The summed E-state index contributed by atoms with van der Waals surface area (Å²) in [5.41, 5.74) is 1.57.